The van der Waals surface area contributed by atoms with E-state index in [4.69, 9.17) is 5.11 Å². The van der Waals surface area contributed by atoms with Gasteiger partial charge in [-0.25, -0.2) is 22.3 Å². The molecule has 0 fully saturated rings. The van der Waals surface area contributed by atoms with Crippen molar-refractivity contribution in [2.24, 2.45) is 0 Å². The molecule has 0 heterocycles. The van der Waals surface area contributed by atoms with Crippen molar-refractivity contribution in [1.29, 1.82) is 0 Å². The molecule has 0 aliphatic carbocycles. The van der Waals surface area contributed by atoms with Crippen LogP contribution in [0, 0.1) is 12.7 Å². The molecular weight excluding hydrogens is 299 g/mol. The quantitative estimate of drug-likeness (QED) is 0.819. The van der Waals surface area contributed by atoms with Crippen LogP contribution in [-0.2, 0) is 10.0 Å². The Hall–Kier alpha value is -1.51. The van der Waals surface area contributed by atoms with Gasteiger partial charge in [0, 0.05) is 12.6 Å². The van der Waals surface area contributed by atoms with E-state index in [1.165, 1.54) is 6.92 Å². The van der Waals surface area contributed by atoms with Crippen molar-refractivity contribution in [1.82, 2.24) is 9.62 Å². The average molecular weight is 318 g/mol. The molecule has 1 aromatic carbocycles. The maximum atomic E-state index is 14.1. The zero-order valence-corrected chi connectivity index (χ0v) is 13.2. The predicted octanol–water partition coefficient (Wildman–Crippen LogP) is 1.06. The molecule has 6 nitrogen and oxygen atoms in total. The van der Waals surface area contributed by atoms with Crippen LogP contribution in [-0.4, -0.2) is 51.1 Å². The fourth-order valence-corrected chi connectivity index (χ4v) is 2.88. The van der Waals surface area contributed by atoms with Crippen LogP contribution in [0.25, 0.3) is 0 Å². The highest BCUT2D eigenvalue weighted by molar-refractivity contribution is 7.89. The Morgan fingerprint density at radius 2 is 2.00 bits per heavy atom. The second-order valence-corrected chi connectivity index (χ2v) is 6.83. The van der Waals surface area contributed by atoms with E-state index in [1.54, 1.807) is 25.9 Å². The summed E-state index contributed by atoms with van der Waals surface area (Å²) >= 11 is 0. The van der Waals surface area contributed by atoms with Gasteiger partial charge in [-0.05, 0) is 45.6 Å². The number of hydrogen-bond acceptors (Lipinski definition) is 4. The Morgan fingerprint density at radius 1 is 1.43 bits per heavy atom. The third-order valence-electron chi connectivity index (χ3n) is 3.15. The lowest BCUT2D eigenvalue weighted by molar-refractivity contribution is 0.0691. The third kappa shape index (κ3) is 4.23. The molecule has 0 saturated heterocycles. The molecule has 1 atom stereocenters. The lowest BCUT2D eigenvalue weighted by atomic mass is 10.1. The standard InChI is InChI=1S/C13H19FN2O4S/c1-8-5-10(13(17)18)12(14)11(6-8)21(19,20)15-7-9(2)16(3)4/h5-6,9,15H,7H2,1-4H3,(H,17,18)/t9-/m0/s1. The Bertz CT molecular complexity index is 644. The molecule has 2 N–H and O–H groups in total. The molecule has 0 bridgehead atoms. The number of aryl methyl sites for hydroxylation is 1. The molecule has 118 valence electrons. The van der Waals surface area contributed by atoms with Gasteiger partial charge in [0.2, 0.25) is 10.0 Å². The largest absolute Gasteiger partial charge is 0.478 e. The maximum Gasteiger partial charge on any atom is 0.338 e. The van der Waals surface area contributed by atoms with E-state index in [2.05, 4.69) is 4.72 Å². The lowest BCUT2D eigenvalue weighted by Crippen LogP contribution is -2.38. The second-order valence-electron chi connectivity index (χ2n) is 5.09. The van der Waals surface area contributed by atoms with Crippen LogP contribution in [0.5, 0.6) is 0 Å². The molecule has 0 saturated carbocycles. The van der Waals surface area contributed by atoms with Gasteiger partial charge in [-0.15, -0.1) is 0 Å². The zero-order valence-electron chi connectivity index (χ0n) is 12.3. The van der Waals surface area contributed by atoms with E-state index in [0.717, 1.165) is 12.1 Å². The molecule has 1 aromatic rings. The smallest absolute Gasteiger partial charge is 0.338 e. The number of sulfonamides is 1. The van der Waals surface area contributed by atoms with Crippen LogP contribution in [0.2, 0.25) is 0 Å². The molecule has 0 aliphatic rings. The summed E-state index contributed by atoms with van der Waals surface area (Å²) in [5.74, 6) is -2.76. The van der Waals surface area contributed by atoms with E-state index < -0.39 is 32.3 Å². The number of aromatic carboxylic acids is 1. The maximum absolute atomic E-state index is 14.1. The van der Waals surface area contributed by atoms with Crippen molar-refractivity contribution in [2.45, 2.75) is 24.8 Å². The first-order valence-corrected chi connectivity index (χ1v) is 7.74. The fraction of sp³-hybridized carbons (Fsp3) is 0.462. The molecule has 0 spiro atoms. The first kappa shape index (κ1) is 17.5. The van der Waals surface area contributed by atoms with E-state index in [-0.39, 0.29) is 12.6 Å². The molecule has 0 radical (unpaired) electrons. The summed E-state index contributed by atoms with van der Waals surface area (Å²) < 4.78 is 40.6. The van der Waals surface area contributed by atoms with Crippen molar-refractivity contribution in [3.8, 4) is 0 Å². The van der Waals surface area contributed by atoms with Gasteiger partial charge < -0.3 is 10.0 Å². The predicted molar refractivity (Wildman–Crippen MR) is 76.4 cm³/mol. The number of nitrogens with zero attached hydrogens (tertiary/aromatic N) is 1. The van der Waals surface area contributed by atoms with E-state index in [1.807, 2.05) is 0 Å². The van der Waals surface area contributed by atoms with Crippen LogP contribution in [0.3, 0.4) is 0 Å². The van der Waals surface area contributed by atoms with Gasteiger partial charge >= 0.3 is 5.97 Å². The van der Waals surface area contributed by atoms with Crippen LogP contribution < -0.4 is 4.72 Å². The average Bonchev–Trinajstić information content (AvgIpc) is 2.37. The number of nitrogens with one attached hydrogen (secondary N) is 1. The summed E-state index contributed by atoms with van der Waals surface area (Å²) in [6.07, 6.45) is 0. The fourth-order valence-electron chi connectivity index (χ4n) is 1.58. The topological polar surface area (TPSA) is 86.7 Å². The SMILES string of the molecule is Cc1cc(C(=O)O)c(F)c(S(=O)(=O)NC[C@H](C)N(C)C)c1. The van der Waals surface area contributed by atoms with Gasteiger partial charge in [0.1, 0.15) is 4.90 Å². The number of hydrogen-bond donors (Lipinski definition) is 2. The second kappa shape index (κ2) is 6.50. The molecule has 21 heavy (non-hydrogen) atoms. The van der Waals surface area contributed by atoms with Crippen molar-refractivity contribution < 1.29 is 22.7 Å². The van der Waals surface area contributed by atoms with Gasteiger partial charge in [0.05, 0.1) is 5.56 Å². The summed E-state index contributed by atoms with van der Waals surface area (Å²) in [4.78, 5) is 12.1. The number of carboxylic acids is 1. The molecule has 0 aliphatic heterocycles. The Morgan fingerprint density at radius 3 is 2.48 bits per heavy atom. The summed E-state index contributed by atoms with van der Waals surface area (Å²) in [6.45, 7) is 3.40. The third-order valence-corrected chi connectivity index (χ3v) is 4.58. The van der Waals surface area contributed by atoms with Crippen LogP contribution in [0.4, 0.5) is 4.39 Å². The summed E-state index contributed by atoms with van der Waals surface area (Å²) in [7, 11) is -0.540. The zero-order chi connectivity index (χ0) is 16.4. The summed E-state index contributed by atoms with van der Waals surface area (Å²) in [5, 5.41) is 8.91. The van der Waals surface area contributed by atoms with Crippen molar-refractivity contribution in [2.75, 3.05) is 20.6 Å². The van der Waals surface area contributed by atoms with Gasteiger partial charge in [0.25, 0.3) is 0 Å². The highest BCUT2D eigenvalue weighted by Crippen LogP contribution is 2.20. The number of rotatable bonds is 6. The van der Waals surface area contributed by atoms with Gasteiger partial charge in [-0.2, -0.15) is 0 Å². The normalized spacial score (nSPS) is 13.4. The van der Waals surface area contributed by atoms with Gasteiger partial charge in [-0.1, -0.05) is 0 Å². The van der Waals surface area contributed by atoms with E-state index in [9.17, 15) is 17.6 Å². The number of carboxylic acid groups (broad SMARTS) is 1. The molecule has 0 aromatic heterocycles. The Kier molecular flexibility index (Phi) is 5.43. The minimum absolute atomic E-state index is 0.0884. The monoisotopic (exact) mass is 318 g/mol. The van der Waals surface area contributed by atoms with Gasteiger partial charge in [0.15, 0.2) is 5.82 Å². The van der Waals surface area contributed by atoms with Gasteiger partial charge in [-0.3, -0.25) is 0 Å². The Labute approximate surface area is 123 Å². The van der Waals surface area contributed by atoms with Crippen molar-refractivity contribution >= 4 is 16.0 Å². The minimum atomic E-state index is -4.11. The van der Waals surface area contributed by atoms with Crippen molar-refractivity contribution in [3.63, 3.8) is 0 Å². The first-order chi connectivity index (χ1) is 9.56. The number of benzene rings is 1. The number of carbonyl (C=O) groups is 1. The highest BCUT2D eigenvalue weighted by atomic mass is 32.2. The molecule has 1 rings (SSSR count). The molecule has 8 heteroatoms. The highest BCUT2D eigenvalue weighted by Gasteiger charge is 2.25. The van der Waals surface area contributed by atoms with Crippen LogP contribution in [0.1, 0.15) is 22.8 Å². The molecule has 0 unspecified atom stereocenters. The van der Waals surface area contributed by atoms with Crippen molar-refractivity contribution in [3.05, 3.63) is 29.1 Å². The summed E-state index contributed by atoms with van der Waals surface area (Å²) in [6, 6.07) is 2.12. The van der Waals surface area contributed by atoms with Crippen LogP contribution >= 0.6 is 0 Å². The lowest BCUT2D eigenvalue weighted by Gasteiger charge is -2.20. The molecule has 0 amide bonds. The Balaban J connectivity index is 3.17. The number of likely N-dealkylation sites (N-methyl/N-ethyl adjacent to an activating group) is 1. The van der Waals surface area contributed by atoms with Crippen LogP contribution in [0.15, 0.2) is 17.0 Å². The minimum Gasteiger partial charge on any atom is -0.478 e. The number of halogens is 1. The van der Waals surface area contributed by atoms with E-state index >= 15 is 0 Å². The first-order valence-electron chi connectivity index (χ1n) is 6.25. The summed E-state index contributed by atoms with van der Waals surface area (Å²) in [5.41, 5.74) is -0.300. The molecular formula is C13H19FN2O4S. The van der Waals surface area contributed by atoms with E-state index in [0.29, 0.717) is 5.56 Å².